The Balaban J connectivity index is 2.05. The molecule has 1 unspecified atom stereocenters. The molecule has 1 saturated heterocycles. The Hall–Kier alpha value is -2.35. The van der Waals surface area contributed by atoms with Gasteiger partial charge in [0.15, 0.2) is 0 Å². The van der Waals surface area contributed by atoms with E-state index in [1.54, 1.807) is 4.90 Å². The van der Waals surface area contributed by atoms with Crippen LogP contribution in [-0.2, 0) is 9.59 Å². The smallest absolute Gasteiger partial charge is 0.227 e. The second kappa shape index (κ2) is 5.53. The SMILES string of the molecule is Cc1ccc(N2CC(C(=O)NCC#N)CC2=O)cc1. The molecule has 0 radical (unpaired) electrons. The largest absolute Gasteiger partial charge is 0.343 e. The fraction of sp³-hybridized carbons (Fsp3) is 0.357. The first-order valence-corrected chi connectivity index (χ1v) is 6.13. The van der Waals surface area contributed by atoms with Crippen LogP contribution in [0.15, 0.2) is 24.3 Å². The van der Waals surface area contributed by atoms with Crippen molar-refractivity contribution in [2.75, 3.05) is 18.0 Å². The zero-order valence-corrected chi connectivity index (χ0v) is 10.7. The van der Waals surface area contributed by atoms with Crippen molar-refractivity contribution < 1.29 is 9.59 Å². The summed E-state index contributed by atoms with van der Waals surface area (Å²) in [6, 6.07) is 9.48. The molecule has 1 aliphatic rings. The van der Waals surface area contributed by atoms with E-state index >= 15 is 0 Å². The number of carbonyl (C=O) groups is 2. The third-order valence-corrected chi connectivity index (χ3v) is 3.18. The number of amides is 2. The number of benzene rings is 1. The fourth-order valence-corrected chi connectivity index (χ4v) is 2.13. The third-order valence-electron chi connectivity index (χ3n) is 3.18. The summed E-state index contributed by atoms with van der Waals surface area (Å²) in [5.41, 5.74) is 1.94. The van der Waals surface area contributed by atoms with Gasteiger partial charge in [0.05, 0.1) is 12.0 Å². The molecule has 1 aliphatic heterocycles. The molecule has 1 heterocycles. The zero-order valence-electron chi connectivity index (χ0n) is 10.7. The van der Waals surface area contributed by atoms with Crippen LogP contribution in [0.1, 0.15) is 12.0 Å². The van der Waals surface area contributed by atoms with Crippen LogP contribution in [0.5, 0.6) is 0 Å². The van der Waals surface area contributed by atoms with Crippen LogP contribution >= 0.6 is 0 Å². The molecule has 1 fully saturated rings. The second-order valence-corrected chi connectivity index (χ2v) is 4.62. The molecule has 19 heavy (non-hydrogen) atoms. The summed E-state index contributed by atoms with van der Waals surface area (Å²) in [5.74, 6) is -0.660. The Morgan fingerprint density at radius 1 is 1.47 bits per heavy atom. The molecular weight excluding hydrogens is 242 g/mol. The van der Waals surface area contributed by atoms with Crippen LogP contribution in [0.3, 0.4) is 0 Å². The Morgan fingerprint density at radius 2 is 2.16 bits per heavy atom. The first-order valence-electron chi connectivity index (χ1n) is 6.13. The summed E-state index contributed by atoms with van der Waals surface area (Å²) < 4.78 is 0. The van der Waals surface area contributed by atoms with Crippen molar-refractivity contribution in [1.82, 2.24) is 5.32 Å². The van der Waals surface area contributed by atoms with E-state index in [1.807, 2.05) is 37.3 Å². The maximum atomic E-state index is 11.9. The second-order valence-electron chi connectivity index (χ2n) is 4.62. The number of nitriles is 1. The number of anilines is 1. The first kappa shape index (κ1) is 13.1. The number of aryl methyl sites for hydroxylation is 1. The maximum absolute atomic E-state index is 11.9. The fourth-order valence-electron chi connectivity index (χ4n) is 2.13. The van der Waals surface area contributed by atoms with Crippen molar-refractivity contribution in [3.05, 3.63) is 29.8 Å². The molecular formula is C14H15N3O2. The van der Waals surface area contributed by atoms with Crippen LogP contribution in [0.25, 0.3) is 0 Å². The standard InChI is InChI=1S/C14H15N3O2/c1-10-2-4-12(5-3-10)17-9-11(8-13(17)18)14(19)16-7-6-15/h2-5,11H,7-9H2,1H3,(H,16,19). The normalized spacial score (nSPS) is 18.2. The van der Waals surface area contributed by atoms with Gasteiger partial charge >= 0.3 is 0 Å². The summed E-state index contributed by atoms with van der Waals surface area (Å²) >= 11 is 0. The molecule has 0 aliphatic carbocycles. The van der Waals surface area contributed by atoms with E-state index in [-0.39, 0.29) is 30.7 Å². The van der Waals surface area contributed by atoms with Gasteiger partial charge in [-0.15, -0.1) is 0 Å². The molecule has 2 amide bonds. The van der Waals surface area contributed by atoms with E-state index in [0.717, 1.165) is 11.3 Å². The lowest BCUT2D eigenvalue weighted by Crippen LogP contribution is -2.33. The van der Waals surface area contributed by atoms with Gasteiger partial charge in [0.25, 0.3) is 0 Å². The Bertz CT molecular complexity index is 531. The van der Waals surface area contributed by atoms with E-state index in [9.17, 15) is 9.59 Å². The number of carbonyl (C=O) groups excluding carboxylic acids is 2. The minimum absolute atomic E-state index is 0.0198. The van der Waals surface area contributed by atoms with E-state index < -0.39 is 0 Å². The summed E-state index contributed by atoms with van der Waals surface area (Å²) in [6.45, 7) is 2.33. The van der Waals surface area contributed by atoms with E-state index in [4.69, 9.17) is 5.26 Å². The monoisotopic (exact) mass is 257 g/mol. The average Bonchev–Trinajstić information content (AvgIpc) is 2.79. The van der Waals surface area contributed by atoms with Gasteiger partial charge < -0.3 is 10.2 Å². The van der Waals surface area contributed by atoms with Gasteiger partial charge in [-0.2, -0.15) is 5.26 Å². The summed E-state index contributed by atoms with van der Waals surface area (Å²) in [6.07, 6.45) is 0.200. The van der Waals surface area contributed by atoms with E-state index in [0.29, 0.717) is 6.54 Å². The molecule has 2 rings (SSSR count). The van der Waals surface area contributed by atoms with Crippen molar-refractivity contribution >= 4 is 17.5 Å². The lowest BCUT2D eigenvalue weighted by atomic mass is 10.1. The first-order chi connectivity index (χ1) is 9.11. The van der Waals surface area contributed by atoms with Gasteiger partial charge in [-0.1, -0.05) is 17.7 Å². The predicted octanol–water partition coefficient (Wildman–Crippen LogP) is 0.988. The third kappa shape index (κ3) is 2.91. The number of nitrogens with one attached hydrogen (secondary N) is 1. The molecule has 5 heteroatoms. The predicted molar refractivity (Wildman–Crippen MR) is 70.3 cm³/mol. The topological polar surface area (TPSA) is 73.2 Å². The van der Waals surface area contributed by atoms with Crippen LogP contribution in [0, 0.1) is 24.2 Å². The highest BCUT2D eigenvalue weighted by atomic mass is 16.2. The molecule has 1 atom stereocenters. The van der Waals surface area contributed by atoms with Crippen LogP contribution < -0.4 is 10.2 Å². The number of hydrogen-bond acceptors (Lipinski definition) is 3. The van der Waals surface area contributed by atoms with Gasteiger partial charge in [-0.25, -0.2) is 0 Å². The molecule has 0 saturated carbocycles. The molecule has 5 nitrogen and oxygen atoms in total. The van der Waals surface area contributed by atoms with Crippen molar-refractivity contribution in [2.24, 2.45) is 5.92 Å². The van der Waals surface area contributed by atoms with Crippen molar-refractivity contribution in [1.29, 1.82) is 5.26 Å². The van der Waals surface area contributed by atoms with Crippen LogP contribution in [0.4, 0.5) is 5.69 Å². The Kier molecular flexibility index (Phi) is 3.81. The van der Waals surface area contributed by atoms with E-state index in [1.165, 1.54) is 0 Å². The van der Waals surface area contributed by atoms with Gasteiger partial charge in [0.1, 0.15) is 6.54 Å². The molecule has 0 bridgehead atoms. The van der Waals surface area contributed by atoms with Crippen molar-refractivity contribution in [2.45, 2.75) is 13.3 Å². The molecule has 1 aromatic carbocycles. The Morgan fingerprint density at radius 3 is 2.79 bits per heavy atom. The maximum Gasteiger partial charge on any atom is 0.227 e. The molecule has 1 N–H and O–H groups in total. The van der Waals surface area contributed by atoms with Crippen molar-refractivity contribution in [3.8, 4) is 6.07 Å². The van der Waals surface area contributed by atoms with Gasteiger partial charge in [-0.05, 0) is 19.1 Å². The average molecular weight is 257 g/mol. The summed E-state index contributed by atoms with van der Waals surface area (Å²) in [7, 11) is 0. The highest BCUT2D eigenvalue weighted by Gasteiger charge is 2.34. The lowest BCUT2D eigenvalue weighted by Gasteiger charge is -2.16. The minimum atomic E-state index is -0.373. The highest BCUT2D eigenvalue weighted by Crippen LogP contribution is 2.25. The quantitative estimate of drug-likeness (QED) is 0.820. The Labute approximate surface area is 111 Å². The van der Waals surface area contributed by atoms with Gasteiger partial charge in [0.2, 0.25) is 11.8 Å². The molecule has 1 aromatic rings. The van der Waals surface area contributed by atoms with Crippen LogP contribution in [-0.4, -0.2) is 24.9 Å². The van der Waals surface area contributed by atoms with E-state index in [2.05, 4.69) is 5.32 Å². The summed E-state index contributed by atoms with van der Waals surface area (Å²) in [4.78, 5) is 25.3. The van der Waals surface area contributed by atoms with Gasteiger partial charge in [-0.3, -0.25) is 9.59 Å². The molecule has 0 aromatic heterocycles. The highest BCUT2D eigenvalue weighted by molar-refractivity contribution is 6.00. The van der Waals surface area contributed by atoms with Crippen LogP contribution in [0.2, 0.25) is 0 Å². The molecule has 98 valence electrons. The lowest BCUT2D eigenvalue weighted by molar-refractivity contribution is -0.126. The summed E-state index contributed by atoms with van der Waals surface area (Å²) in [5, 5.41) is 10.9. The number of hydrogen-bond donors (Lipinski definition) is 1. The molecule has 0 spiro atoms. The minimum Gasteiger partial charge on any atom is -0.343 e. The van der Waals surface area contributed by atoms with Crippen molar-refractivity contribution in [3.63, 3.8) is 0 Å². The van der Waals surface area contributed by atoms with Gasteiger partial charge in [0, 0.05) is 18.7 Å². The number of rotatable bonds is 3. The number of nitrogens with zero attached hydrogens (tertiary/aromatic N) is 2. The zero-order chi connectivity index (χ0) is 13.8.